The number of aliphatic hydroxyl groups is 1. The van der Waals surface area contributed by atoms with Gasteiger partial charge in [0.25, 0.3) is 0 Å². The van der Waals surface area contributed by atoms with Crippen molar-refractivity contribution in [1.82, 2.24) is 5.32 Å². The van der Waals surface area contributed by atoms with Crippen molar-refractivity contribution in [2.45, 2.75) is 32.5 Å². The van der Waals surface area contributed by atoms with E-state index in [1.807, 2.05) is 0 Å². The number of amides is 1. The molecular formula is C14H20ClNO4. The second-order valence-electron chi connectivity index (χ2n) is 5.30. The van der Waals surface area contributed by atoms with E-state index in [4.69, 9.17) is 21.1 Å². The summed E-state index contributed by atoms with van der Waals surface area (Å²) in [7, 11) is 0. The molecule has 0 saturated carbocycles. The molecule has 0 aliphatic carbocycles. The SMILES string of the molecule is CC(C)(C)OC(=O)NC[C@@H](O)COc1ccc(Cl)cc1. The molecule has 0 bridgehead atoms. The summed E-state index contributed by atoms with van der Waals surface area (Å²) in [6.45, 7) is 5.44. The summed E-state index contributed by atoms with van der Waals surface area (Å²) < 4.78 is 10.4. The number of nitrogens with one attached hydrogen (secondary N) is 1. The summed E-state index contributed by atoms with van der Waals surface area (Å²) in [6, 6.07) is 6.80. The molecule has 1 aromatic carbocycles. The molecule has 1 rings (SSSR count). The van der Waals surface area contributed by atoms with Gasteiger partial charge in [0.1, 0.15) is 24.1 Å². The molecule has 0 unspecified atom stereocenters. The lowest BCUT2D eigenvalue weighted by molar-refractivity contribution is 0.0463. The lowest BCUT2D eigenvalue weighted by Gasteiger charge is -2.20. The number of carbonyl (C=O) groups is 1. The Labute approximate surface area is 123 Å². The lowest BCUT2D eigenvalue weighted by Crippen LogP contribution is -2.38. The molecule has 0 saturated heterocycles. The third kappa shape index (κ3) is 7.21. The number of hydrogen-bond acceptors (Lipinski definition) is 4. The molecule has 0 fully saturated rings. The maximum Gasteiger partial charge on any atom is 0.407 e. The number of hydrogen-bond donors (Lipinski definition) is 2. The molecule has 1 amide bonds. The summed E-state index contributed by atoms with van der Waals surface area (Å²) in [5.74, 6) is 0.603. The average Bonchev–Trinajstić information content (AvgIpc) is 2.33. The van der Waals surface area contributed by atoms with Gasteiger partial charge in [-0.3, -0.25) is 0 Å². The zero-order valence-corrected chi connectivity index (χ0v) is 12.6. The van der Waals surface area contributed by atoms with Gasteiger partial charge >= 0.3 is 6.09 Å². The summed E-state index contributed by atoms with van der Waals surface area (Å²) >= 11 is 5.75. The Bertz CT molecular complexity index is 428. The van der Waals surface area contributed by atoms with Crippen molar-refractivity contribution in [3.05, 3.63) is 29.3 Å². The Balaban J connectivity index is 2.25. The Hall–Kier alpha value is -1.46. The first-order valence-electron chi connectivity index (χ1n) is 6.29. The maximum absolute atomic E-state index is 11.4. The zero-order chi connectivity index (χ0) is 15.2. The Morgan fingerprint density at radius 3 is 2.50 bits per heavy atom. The minimum Gasteiger partial charge on any atom is -0.491 e. The first-order valence-corrected chi connectivity index (χ1v) is 6.67. The molecule has 0 spiro atoms. The molecule has 20 heavy (non-hydrogen) atoms. The highest BCUT2D eigenvalue weighted by Crippen LogP contribution is 2.15. The number of ether oxygens (including phenoxy) is 2. The van der Waals surface area contributed by atoms with Gasteiger partial charge in [0.05, 0.1) is 6.54 Å². The van der Waals surface area contributed by atoms with Crippen LogP contribution in [0.15, 0.2) is 24.3 Å². The predicted octanol–water partition coefficient (Wildman–Crippen LogP) is 2.60. The van der Waals surface area contributed by atoms with Crippen LogP contribution in [0.2, 0.25) is 5.02 Å². The van der Waals surface area contributed by atoms with Crippen molar-refractivity contribution in [2.24, 2.45) is 0 Å². The number of halogens is 1. The normalized spacial score (nSPS) is 12.7. The molecule has 112 valence electrons. The van der Waals surface area contributed by atoms with Gasteiger partial charge < -0.3 is 19.9 Å². The minimum atomic E-state index is -0.821. The van der Waals surface area contributed by atoms with Gasteiger partial charge in [-0.2, -0.15) is 0 Å². The highest BCUT2D eigenvalue weighted by Gasteiger charge is 2.16. The number of carbonyl (C=O) groups excluding carboxylic acids is 1. The van der Waals surface area contributed by atoms with Gasteiger partial charge in [-0.1, -0.05) is 11.6 Å². The van der Waals surface area contributed by atoms with Gasteiger partial charge in [-0.25, -0.2) is 4.79 Å². The average molecular weight is 302 g/mol. The fourth-order valence-electron chi connectivity index (χ4n) is 1.30. The van der Waals surface area contributed by atoms with E-state index in [1.54, 1.807) is 45.0 Å². The highest BCUT2D eigenvalue weighted by molar-refractivity contribution is 6.30. The molecule has 5 nitrogen and oxygen atoms in total. The van der Waals surface area contributed by atoms with Crippen molar-refractivity contribution >= 4 is 17.7 Å². The van der Waals surface area contributed by atoms with Crippen molar-refractivity contribution < 1.29 is 19.4 Å². The molecule has 2 N–H and O–H groups in total. The first kappa shape index (κ1) is 16.6. The van der Waals surface area contributed by atoms with Crippen LogP contribution < -0.4 is 10.1 Å². The highest BCUT2D eigenvalue weighted by atomic mass is 35.5. The molecule has 0 heterocycles. The van der Waals surface area contributed by atoms with Crippen LogP contribution in [0.5, 0.6) is 5.75 Å². The number of aliphatic hydroxyl groups excluding tert-OH is 1. The minimum absolute atomic E-state index is 0.0580. The van der Waals surface area contributed by atoms with E-state index in [0.29, 0.717) is 10.8 Å². The lowest BCUT2D eigenvalue weighted by atomic mass is 10.2. The van der Waals surface area contributed by atoms with E-state index < -0.39 is 17.8 Å². The van der Waals surface area contributed by atoms with Crippen molar-refractivity contribution in [3.63, 3.8) is 0 Å². The Kier molecular flexibility index (Phi) is 6.10. The largest absolute Gasteiger partial charge is 0.491 e. The van der Waals surface area contributed by atoms with Gasteiger partial charge in [-0.05, 0) is 45.0 Å². The Morgan fingerprint density at radius 1 is 1.35 bits per heavy atom. The number of rotatable bonds is 5. The smallest absolute Gasteiger partial charge is 0.407 e. The number of alkyl carbamates (subject to hydrolysis) is 1. The van der Waals surface area contributed by atoms with Gasteiger partial charge in [0, 0.05) is 5.02 Å². The molecular weight excluding hydrogens is 282 g/mol. The van der Waals surface area contributed by atoms with Crippen LogP contribution in [0.25, 0.3) is 0 Å². The quantitative estimate of drug-likeness (QED) is 0.877. The molecule has 0 aliphatic heterocycles. The summed E-state index contributed by atoms with van der Waals surface area (Å²) in [6.07, 6.45) is -1.39. The van der Waals surface area contributed by atoms with Crippen LogP contribution in [0.1, 0.15) is 20.8 Å². The van der Waals surface area contributed by atoms with Crippen LogP contribution in [-0.4, -0.2) is 36.1 Å². The van der Waals surface area contributed by atoms with E-state index >= 15 is 0 Å². The standard InChI is InChI=1S/C14H20ClNO4/c1-14(2,3)20-13(18)16-8-11(17)9-19-12-6-4-10(15)5-7-12/h4-7,11,17H,8-9H2,1-3H3,(H,16,18)/t11-/m1/s1. The Morgan fingerprint density at radius 2 is 1.95 bits per heavy atom. The third-order valence-electron chi connectivity index (χ3n) is 2.14. The van der Waals surface area contributed by atoms with Gasteiger partial charge in [-0.15, -0.1) is 0 Å². The first-order chi connectivity index (χ1) is 9.26. The fourth-order valence-corrected chi connectivity index (χ4v) is 1.42. The van der Waals surface area contributed by atoms with E-state index in [0.717, 1.165) is 0 Å². The summed E-state index contributed by atoms with van der Waals surface area (Å²) in [4.78, 5) is 11.4. The van der Waals surface area contributed by atoms with Crippen LogP contribution in [0.3, 0.4) is 0 Å². The van der Waals surface area contributed by atoms with E-state index in [9.17, 15) is 9.90 Å². The third-order valence-corrected chi connectivity index (χ3v) is 2.39. The van der Waals surface area contributed by atoms with E-state index in [1.165, 1.54) is 0 Å². The van der Waals surface area contributed by atoms with Crippen molar-refractivity contribution in [3.8, 4) is 5.75 Å². The second-order valence-corrected chi connectivity index (χ2v) is 5.74. The van der Waals surface area contributed by atoms with Gasteiger partial charge in [0.2, 0.25) is 0 Å². The molecule has 1 atom stereocenters. The van der Waals surface area contributed by atoms with Crippen LogP contribution in [-0.2, 0) is 4.74 Å². The number of benzene rings is 1. The summed E-state index contributed by atoms with van der Waals surface area (Å²) in [5.41, 5.74) is -0.561. The molecule has 0 aromatic heterocycles. The molecule has 0 radical (unpaired) electrons. The molecule has 6 heteroatoms. The molecule has 1 aromatic rings. The summed E-state index contributed by atoms with van der Waals surface area (Å²) in [5, 5.41) is 12.8. The van der Waals surface area contributed by atoms with Gasteiger partial charge in [0.15, 0.2) is 0 Å². The second kappa shape index (κ2) is 7.36. The predicted molar refractivity (Wildman–Crippen MR) is 77.2 cm³/mol. The van der Waals surface area contributed by atoms with Crippen molar-refractivity contribution in [2.75, 3.05) is 13.2 Å². The van der Waals surface area contributed by atoms with E-state index in [-0.39, 0.29) is 13.2 Å². The van der Waals surface area contributed by atoms with Crippen LogP contribution >= 0.6 is 11.6 Å². The van der Waals surface area contributed by atoms with Crippen LogP contribution in [0, 0.1) is 0 Å². The van der Waals surface area contributed by atoms with Crippen molar-refractivity contribution in [1.29, 1.82) is 0 Å². The topological polar surface area (TPSA) is 67.8 Å². The monoisotopic (exact) mass is 301 g/mol. The molecule has 0 aliphatic rings. The van der Waals surface area contributed by atoms with E-state index in [2.05, 4.69) is 5.32 Å². The van der Waals surface area contributed by atoms with Crippen LogP contribution in [0.4, 0.5) is 4.79 Å². The zero-order valence-electron chi connectivity index (χ0n) is 11.9. The maximum atomic E-state index is 11.4. The fraction of sp³-hybridized carbons (Fsp3) is 0.500.